The van der Waals surface area contributed by atoms with Gasteiger partial charge in [0, 0.05) is 10.0 Å². The Bertz CT molecular complexity index is 628. The van der Waals surface area contributed by atoms with Gasteiger partial charge in [0.05, 0.1) is 5.02 Å². The van der Waals surface area contributed by atoms with Crippen molar-refractivity contribution in [3.63, 3.8) is 0 Å². The fourth-order valence-electron chi connectivity index (χ4n) is 1.97. The number of benzene rings is 2. The van der Waals surface area contributed by atoms with Crippen LogP contribution < -0.4 is 0 Å². The van der Waals surface area contributed by atoms with E-state index in [2.05, 4.69) is 15.9 Å². The second-order valence-corrected chi connectivity index (χ2v) is 5.81. The Morgan fingerprint density at radius 2 is 1.84 bits per heavy atom. The third kappa shape index (κ3) is 2.99. The van der Waals surface area contributed by atoms with Crippen LogP contribution in [-0.2, 0) is 0 Å². The van der Waals surface area contributed by atoms with Gasteiger partial charge in [-0.15, -0.1) is 0 Å². The van der Waals surface area contributed by atoms with Gasteiger partial charge in [-0.3, -0.25) is 0 Å². The highest BCUT2D eigenvalue weighted by Crippen LogP contribution is 2.32. The second-order valence-electron chi connectivity index (χ2n) is 4.55. The van der Waals surface area contributed by atoms with Crippen LogP contribution in [0.4, 0.5) is 4.39 Å². The molecule has 1 nitrogen and oxygen atoms in total. The zero-order valence-corrected chi connectivity index (χ0v) is 12.9. The maximum Gasteiger partial charge on any atom is 0.130 e. The van der Waals surface area contributed by atoms with Crippen LogP contribution >= 0.6 is 27.5 Å². The van der Waals surface area contributed by atoms with E-state index >= 15 is 0 Å². The van der Waals surface area contributed by atoms with Gasteiger partial charge in [-0.05, 0) is 53.0 Å². The first-order valence-corrected chi connectivity index (χ1v) is 6.97. The molecule has 19 heavy (non-hydrogen) atoms. The van der Waals surface area contributed by atoms with E-state index < -0.39 is 11.9 Å². The van der Waals surface area contributed by atoms with Crippen LogP contribution in [0.15, 0.2) is 34.8 Å². The van der Waals surface area contributed by atoms with Gasteiger partial charge in [-0.25, -0.2) is 4.39 Å². The molecule has 0 saturated carbocycles. The number of halogens is 3. The summed E-state index contributed by atoms with van der Waals surface area (Å²) in [5.74, 6) is -0.482. The van der Waals surface area contributed by atoms with E-state index in [1.54, 1.807) is 0 Å². The highest BCUT2D eigenvalue weighted by molar-refractivity contribution is 9.10. The molecule has 1 atom stereocenters. The van der Waals surface area contributed by atoms with Gasteiger partial charge in [0.25, 0.3) is 0 Å². The van der Waals surface area contributed by atoms with E-state index in [1.807, 2.05) is 32.0 Å². The predicted octanol–water partition coefficient (Wildman–Crippen LogP) is 4.94. The second kappa shape index (κ2) is 5.61. The molecule has 100 valence electrons. The molecule has 2 aromatic carbocycles. The molecule has 0 saturated heterocycles. The van der Waals surface area contributed by atoms with Gasteiger partial charge in [0.1, 0.15) is 11.9 Å². The lowest BCUT2D eigenvalue weighted by atomic mass is 9.95. The number of aliphatic hydroxyl groups is 1. The Kier molecular flexibility index (Phi) is 4.29. The standard InChI is InChI=1S/C15H13BrClFO/c1-8-3-4-9(2)10(5-8)15(19)11-6-13(17)12(16)7-14(11)18/h3-7,15,19H,1-2H3. The summed E-state index contributed by atoms with van der Waals surface area (Å²) in [7, 11) is 0. The van der Waals surface area contributed by atoms with Crippen molar-refractivity contribution in [2.75, 3.05) is 0 Å². The van der Waals surface area contributed by atoms with Crippen LogP contribution in [0.25, 0.3) is 0 Å². The maximum atomic E-state index is 14.0. The first-order valence-electron chi connectivity index (χ1n) is 5.80. The Morgan fingerprint density at radius 1 is 1.16 bits per heavy atom. The zero-order chi connectivity index (χ0) is 14.2. The first kappa shape index (κ1) is 14.5. The highest BCUT2D eigenvalue weighted by Gasteiger charge is 2.18. The molecule has 0 aliphatic carbocycles. The molecule has 1 N–H and O–H groups in total. The van der Waals surface area contributed by atoms with Gasteiger partial charge in [0.15, 0.2) is 0 Å². The van der Waals surface area contributed by atoms with Crippen LogP contribution in [0.5, 0.6) is 0 Å². The lowest BCUT2D eigenvalue weighted by molar-refractivity contribution is 0.214. The fourth-order valence-corrected chi connectivity index (χ4v) is 2.46. The largest absolute Gasteiger partial charge is 0.384 e. The van der Waals surface area contributed by atoms with E-state index in [0.29, 0.717) is 15.1 Å². The minimum Gasteiger partial charge on any atom is -0.384 e. The van der Waals surface area contributed by atoms with Gasteiger partial charge in [-0.2, -0.15) is 0 Å². The molecule has 0 radical (unpaired) electrons. The summed E-state index contributed by atoms with van der Waals surface area (Å²) in [4.78, 5) is 0. The molecule has 0 heterocycles. The van der Waals surface area contributed by atoms with E-state index in [1.165, 1.54) is 12.1 Å². The molecule has 0 aliphatic heterocycles. The average molecular weight is 344 g/mol. The summed E-state index contributed by atoms with van der Waals surface area (Å²) in [6, 6.07) is 8.44. The van der Waals surface area contributed by atoms with Crippen molar-refractivity contribution in [3.8, 4) is 0 Å². The summed E-state index contributed by atoms with van der Waals surface area (Å²) < 4.78 is 14.4. The number of aryl methyl sites for hydroxylation is 2. The topological polar surface area (TPSA) is 20.2 Å². The number of aliphatic hydroxyl groups excluding tert-OH is 1. The predicted molar refractivity (Wildman–Crippen MR) is 79.1 cm³/mol. The smallest absolute Gasteiger partial charge is 0.130 e. The quantitative estimate of drug-likeness (QED) is 0.766. The Labute approximate surface area is 125 Å². The SMILES string of the molecule is Cc1ccc(C)c(C(O)c2cc(Cl)c(Br)cc2F)c1. The minimum atomic E-state index is -1.02. The lowest BCUT2D eigenvalue weighted by Gasteiger charge is -2.16. The molecule has 0 aliphatic rings. The number of hydrogen-bond donors (Lipinski definition) is 1. The van der Waals surface area contributed by atoms with Crippen LogP contribution in [-0.4, -0.2) is 5.11 Å². The molecule has 2 aromatic rings. The van der Waals surface area contributed by atoms with Crippen molar-refractivity contribution in [1.29, 1.82) is 0 Å². The molecule has 1 unspecified atom stereocenters. The molecular formula is C15H13BrClFO. The van der Waals surface area contributed by atoms with Crippen LogP contribution in [0.2, 0.25) is 5.02 Å². The summed E-state index contributed by atoms with van der Waals surface area (Å²) in [6.07, 6.45) is -1.02. The molecule has 0 spiro atoms. The van der Waals surface area contributed by atoms with E-state index in [4.69, 9.17) is 11.6 Å². The van der Waals surface area contributed by atoms with Gasteiger partial charge >= 0.3 is 0 Å². The number of hydrogen-bond acceptors (Lipinski definition) is 1. The molecule has 0 fully saturated rings. The summed E-state index contributed by atoms with van der Waals surface area (Å²) in [5.41, 5.74) is 2.80. The van der Waals surface area contributed by atoms with Gasteiger partial charge < -0.3 is 5.11 Å². The van der Waals surface area contributed by atoms with Gasteiger partial charge in [0.2, 0.25) is 0 Å². The maximum absolute atomic E-state index is 14.0. The molecule has 0 amide bonds. The Hall–Kier alpha value is -0.900. The molecular weight excluding hydrogens is 331 g/mol. The van der Waals surface area contributed by atoms with Crippen LogP contribution in [0, 0.1) is 19.7 Å². The first-order chi connectivity index (χ1) is 8.90. The Balaban J connectivity index is 2.52. The van der Waals surface area contributed by atoms with Crippen molar-refractivity contribution >= 4 is 27.5 Å². The number of rotatable bonds is 2. The summed E-state index contributed by atoms with van der Waals surface area (Å²) >= 11 is 9.12. The van der Waals surface area contributed by atoms with Crippen LogP contribution in [0.1, 0.15) is 28.4 Å². The van der Waals surface area contributed by atoms with Crippen molar-refractivity contribution in [2.24, 2.45) is 0 Å². The fraction of sp³-hybridized carbons (Fsp3) is 0.200. The summed E-state index contributed by atoms with van der Waals surface area (Å²) in [6.45, 7) is 3.82. The third-order valence-electron chi connectivity index (χ3n) is 3.06. The van der Waals surface area contributed by atoms with Crippen molar-refractivity contribution in [1.82, 2.24) is 0 Å². The average Bonchev–Trinajstić information content (AvgIpc) is 2.36. The molecule has 4 heteroatoms. The summed E-state index contributed by atoms with van der Waals surface area (Å²) in [5, 5.41) is 10.8. The zero-order valence-electron chi connectivity index (χ0n) is 10.5. The normalized spacial score (nSPS) is 12.5. The van der Waals surface area contributed by atoms with Crippen molar-refractivity contribution in [3.05, 3.63) is 67.9 Å². The van der Waals surface area contributed by atoms with E-state index in [9.17, 15) is 9.50 Å². The Morgan fingerprint density at radius 3 is 2.53 bits per heavy atom. The van der Waals surface area contributed by atoms with Crippen molar-refractivity contribution < 1.29 is 9.50 Å². The van der Waals surface area contributed by atoms with E-state index in [0.717, 1.165) is 11.1 Å². The molecule has 2 rings (SSSR count). The molecule has 0 aromatic heterocycles. The highest BCUT2D eigenvalue weighted by atomic mass is 79.9. The third-order valence-corrected chi connectivity index (χ3v) is 4.26. The van der Waals surface area contributed by atoms with Crippen LogP contribution in [0.3, 0.4) is 0 Å². The van der Waals surface area contributed by atoms with E-state index in [-0.39, 0.29) is 5.56 Å². The van der Waals surface area contributed by atoms with Crippen molar-refractivity contribution in [2.45, 2.75) is 20.0 Å². The van der Waals surface area contributed by atoms with Gasteiger partial charge in [-0.1, -0.05) is 35.4 Å². The monoisotopic (exact) mass is 342 g/mol. The minimum absolute atomic E-state index is 0.182. The molecule has 0 bridgehead atoms. The lowest BCUT2D eigenvalue weighted by Crippen LogP contribution is -2.05.